The number of phenols is 2. The molecule has 1 aliphatic carbocycles. The minimum atomic E-state index is 0.131. The first-order chi connectivity index (χ1) is 11.1. The first kappa shape index (κ1) is 14.1. The SMILES string of the molecule is Cc1ccn2ccnc2c1-c1c(O)cc(C2CCCC2)cc1O. The number of fused-ring (bicyclic) bond motifs is 1. The fraction of sp³-hybridized carbons (Fsp3) is 0.316. The lowest BCUT2D eigenvalue weighted by molar-refractivity contribution is 0.451. The Labute approximate surface area is 135 Å². The van der Waals surface area contributed by atoms with Crippen LogP contribution >= 0.6 is 0 Å². The van der Waals surface area contributed by atoms with E-state index >= 15 is 0 Å². The Morgan fingerprint density at radius 3 is 2.43 bits per heavy atom. The van der Waals surface area contributed by atoms with E-state index in [9.17, 15) is 10.2 Å². The summed E-state index contributed by atoms with van der Waals surface area (Å²) in [6.07, 6.45) is 10.2. The molecule has 23 heavy (non-hydrogen) atoms. The van der Waals surface area contributed by atoms with E-state index in [1.165, 1.54) is 12.8 Å². The summed E-state index contributed by atoms with van der Waals surface area (Å²) in [6, 6.07) is 5.60. The number of hydrogen-bond acceptors (Lipinski definition) is 3. The van der Waals surface area contributed by atoms with Crippen molar-refractivity contribution in [2.45, 2.75) is 38.5 Å². The fourth-order valence-corrected chi connectivity index (χ4v) is 3.77. The number of hydrogen-bond donors (Lipinski definition) is 2. The van der Waals surface area contributed by atoms with Gasteiger partial charge >= 0.3 is 0 Å². The van der Waals surface area contributed by atoms with E-state index in [2.05, 4.69) is 4.98 Å². The first-order valence-electron chi connectivity index (χ1n) is 8.13. The molecule has 0 amide bonds. The standard InChI is InChI=1S/C19H20N2O2/c1-12-6-8-21-9-7-20-19(21)17(12)18-15(22)10-14(11-16(18)23)13-4-2-3-5-13/h6-11,13,22-23H,2-5H2,1H3. The van der Waals surface area contributed by atoms with E-state index in [1.807, 2.05) is 41.9 Å². The lowest BCUT2D eigenvalue weighted by Gasteiger charge is -2.16. The molecule has 2 aromatic heterocycles. The number of pyridine rings is 1. The maximum absolute atomic E-state index is 10.6. The molecule has 0 aliphatic heterocycles. The Hall–Kier alpha value is -2.49. The molecule has 1 aromatic carbocycles. The molecular formula is C19H20N2O2. The molecule has 0 radical (unpaired) electrons. The first-order valence-corrected chi connectivity index (χ1v) is 8.13. The summed E-state index contributed by atoms with van der Waals surface area (Å²) >= 11 is 0. The van der Waals surface area contributed by atoms with Gasteiger partial charge in [-0.05, 0) is 55.0 Å². The molecule has 0 unspecified atom stereocenters. The molecule has 0 spiro atoms. The predicted molar refractivity (Wildman–Crippen MR) is 89.9 cm³/mol. The van der Waals surface area contributed by atoms with Gasteiger partial charge in [-0.25, -0.2) is 4.98 Å². The summed E-state index contributed by atoms with van der Waals surface area (Å²) in [5, 5.41) is 21.2. The average Bonchev–Trinajstić information content (AvgIpc) is 3.19. The minimum Gasteiger partial charge on any atom is -0.507 e. The lowest BCUT2D eigenvalue weighted by atomic mass is 9.92. The van der Waals surface area contributed by atoms with E-state index in [0.29, 0.717) is 11.5 Å². The number of imidazole rings is 1. The Morgan fingerprint density at radius 2 is 1.74 bits per heavy atom. The van der Waals surface area contributed by atoms with Gasteiger partial charge < -0.3 is 14.6 Å². The highest BCUT2D eigenvalue weighted by molar-refractivity contribution is 5.87. The van der Waals surface area contributed by atoms with Crippen LogP contribution < -0.4 is 0 Å². The van der Waals surface area contributed by atoms with Gasteiger partial charge in [-0.1, -0.05) is 12.8 Å². The van der Waals surface area contributed by atoms with Crippen molar-refractivity contribution in [1.82, 2.24) is 9.38 Å². The van der Waals surface area contributed by atoms with Crippen LogP contribution in [0.25, 0.3) is 16.8 Å². The van der Waals surface area contributed by atoms with Gasteiger partial charge in [-0.2, -0.15) is 0 Å². The van der Waals surface area contributed by atoms with Gasteiger partial charge in [0.25, 0.3) is 0 Å². The molecule has 1 fully saturated rings. The molecule has 2 heterocycles. The zero-order valence-corrected chi connectivity index (χ0v) is 13.2. The molecule has 0 bridgehead atoms. The Balaban J connectivity index is 1.91. The second kappa shape index (κ2) is 5.30. The molecule has 1 aliphatic rings. The normalized spacial score (nSPS) is 15.5. The fourth-order valence-electron chi connectivity index (χ4n) is 3.77. The molecule has 4 heteroatoms. The van der Waals surface area contributed by atoms with Gasteiger partial charge in [0.05, 0.1) is 5.56 Å². The van der Waals surface area contributed by atoms with Crippen molar-refractivity contribution in [3.05, 3.63) is 47.9 Å². The van der Waals surface area contributed by atoms with Crippen molar-refractivity contribution in [1.29, 1.82) is 0 Å². The zero-order chi connectivity index (χ0) is 16.0. The van der Waals surface area contributed by atoms with E-state index in [-0.39, 0.29) is 11.5 Å². The summed E-state index contributed by atoms with van der Waals surface area (Å²) in [6.45, 7) is 1.97. The number of benzene rings is 1. The van der Waals surface area contributed by atoms with E-state index in [0.717, 1.165) is 35.2 Å². The van der Waals surface area contributed by atoms with Crippen molar-refractivity contribution in [2.75, 3.05) is 0 Å². The number of aromatic hydroxyl groups is 2. The van der Waals surface area contributed by atoms with Crippen LogP contribution in [0.2, 0.25) is 0 Å². The number of aromatic nitrogens is 2. The second-order valence-corrected chi connectivity index (χ2v) is 6.45. The molecule has 0 saturated heterocycles. The van der Waals surface area contributed by atoms with Crippen LogP contribution in [0.5, 0.6) is 11.5 Å². The molecule has 2 N–H and O–H groups in total. The van der Waals surface area contributed by atoms with Gasteiger partial charge in [-0.3, -0.25) is 0 Å². The van der Waals surface area contributed by atoms with Crippen LogP contribution in [-0.2, 0) is 0 Å². The molecule has 3 aromatic rings. The van der Waals surface area contributed by atoms with Crippen LogP contribution in [0.1, 0.15) is 42.7 Å². The summed E-state index contributed by atoms with van der Waals surface area (Å²) < 4.78 is 1.89. The molecule has 4 rings (SSSR count). The third-order valence-electron chi connectivity index (χ3n) is 4.97. The van der Waals surface area contributed by atoms with Crippen molar-refractivity contribution >= 4 is 5.65 Å². The number of nitrogens with zero attached hydrogens (tertiary/aromatic N) is 2. The summed E-state index contributed by atoms with van der Waals surface area (Å²) in [5.41, 5.74) is 4.01. The number of phenolic OH excluding ortho intramolecular Hbond substituents is 2. The third kappa shape index (κ3) is 2.25. The van der Waals surface area contributed by atoms with Gasteiger partial charge in [-0.15, -0.1) is 0 Å². The van der Waals surface area contributed by atoms with E-state index in [1.54, 1.807) is 6.20 Å². The topological polar surface area (TPSA) is 57.8 Å². The van der Waals surface area contributed by atoms with Gasteiger partial charge in [0, 0.05) is 24.2 Å². The van der Waals surface area contributed by atoms with Crippen LogP contribution in [0, 0.1) is 6.92 Å². The average molecular weight is 308 g/mol. The Bertz CT molecular complexity index is 853. The monoisotopic (exact) mass is 308 g/mol. The predicted octanol–water partition coefficient (Wildman–Crippen LogP) is 4.38. The van der Waals surface area contributed by atoms with Gasteiger partial charge in [0.15, 0.2) is 0 Å². The largest absolute Gasteiger partial charge is 0.507 e. The molecular weight excluding hydrogens is 288 g/mol. The highest BCUT2D eigenvalue weighted by atomic mass is 16.3. The summed E-state index contributed by atoms with van der Waals surface area (Å²) in [5.74, 6) is 0.710. The molecule has 4 nitrogen and oxygen atoms in total. The minimum absolute atomic E-state index is 0.131. The lowest BCUT2D eigenvalue weighted by Crippen LogP contribution is -1.96. The second-order valence-electron chi connectivity index (χ2n) is 6.45. The van der Waals surface area contributed by atoms with Crippen LogP contribution in [-0.4, -0.2) is 19.6 Å². The Morgan fingerprint density at radius 1 is 1.04 bits per heavy atom. The smallest absolute Gasteiger partial charge is 0.145 e. The van der Waals surface area contributed by atoms with Crippen molar-refractivity contribution < 1.29 is 10.2 Å². The van der Waals surface area contributed by atoms with Crippen molar-refractivity contribution in [2.24, 2.45) is 0 Å². The highest BCUT2D eigenvalue weighted by Gasteiger charge is 2.22. The third-order valence-corrected chi connectivity index (χ3v) is 4.97. The van der Waals surface area contributed by atoms with Crippen LogP contribution in [0.15, 0.2) is 36.8 Å². The maximum atomic E-state index is 10.6. The van der Waals surface area contributed by atoms with Crippen molar-refractivity contribution in [3.63, 3.8) is 0 Å². The number of aryl methyl sites for hydroxylation is 1. The maximum Gasteiger partial charge on any atom is 0.145 e. The van der Waals surface area contributed by atoms with Crippen LogP contribution in [0.4, 0.5) is 0 Å². The highest BCUT2D eigenvalue weighted by Crippen LogP contribution is 2.45. The van der Waals surface area contributed by atoms with E-state index < -0.39 is 0 Å². The van der Waals surface area contributed by atoms with Gasteiger partial charge in [0.2, 0.25) is 0 Å². The van der Waals surface area contributed by atoms with E-state index in [4.69, 9.17) is 0 Å². The molecule has 1 saturated carbocycles. The summed E-state index contributed by atoms with van der Waals surface area (Å²) in [7, 11) is 0. The number of rotatable bonds is 2. The Kier molecular flexibility index (Phi) is 3.26. The van der Waals surface area contributed by atoms with Gasteiger partial charge in [0.1, 0.15) is 17.1 Å². The zero-order valence-electron chi connectivity index (χ0n) is 13.2. The summed E-state index contributed by atoms with van der Waals surface area (Å²) in [4.78, 5) is 4.38. The van der Waals surface area contributed by atoms with Crippen molar-refractivity contribution in [3.8, 4) is 22.6 Å². The molecule has 118 valence electrons. The van der Waals surface area contributed by atoms with Crippen LogP contribution in [0.3, 0.4) is 0 Å². The quantitative estimate of drug-likeness (QED) is 0.738. The molecule has 0 atom stereocenters.